The first-order valence-electron chi connectivity index (χ1n) is 5.73. The quantitative estimate of drug-likeness (QED) is 0.874. The lowest BCUT2D eigenvalue weighted by Crippen LogP contribution is -2.18. The van der Waals surface area contributed by atoms with E-state index in [4.69, 9.17) is 9.84 Å². The van der Waals surface area contributed by atoms with E-state index in [0.29, 0.717) is 31.3 Å². The number of ether oxygens (including phenoxy) is 1. The van der Waals surface area contributed by atoms with Crippen LogP contribution in [0.4, 0.5) is 0 Å². The largest absolute Gasteiger partial charge is 0.476 e. The molecule has 0 amide bonds. The van der Waals surface area contributed by atoms with Crippen LogP contribution in [0.5, 0.6) is 0 Å². The van der Waals surface area contributed by atoms with Crippen LogP contribution in [-0.2, 0) is 17.9 Å². The molecule has 0 fully saturated rings. The monoisotopic (exact) mass is 244 g/mol. The number of hydrogen-bond acceptors (Lipinski definition) is 3. The number of nitrogens with zero attached hydrogens (tertiary/aromatic N) is 2. The van der Waals surface area contributed by atoms with Gasteiger partial charge in [-0.1, -0.05) is 30.3 Å². The molecule has 1 aliphatic heterocycles. The minimum Gasteiger partial charge on any atom is -0.476 e. The van der Waals surface area contributed by atoms with Gasteiger partial charge in [-0.2, -0.15) is 0 Å². The summed E-state index contributed by atoms with van der Waals surface area (Å²) < 4.78 is 7.24. The van der Waals surface area contributed by atoms with E-state index in [1.54, 1.807) is 0 Å². The van der Waals surface area contributed by atoms with Gasteiger partial charge in [0.1, 0.15) is 5.82 Å². The van der Waals surface area contributed by atoms with Crippen molar-refractivity contribution < 1.29 is 14.6 Å². The Morgan fingerprint density at radius 1 is 1.33 bits per heavy atom. The molecule has 1 aromatic carbocycles. The van der Waals surface area contributed by atoms with Crippen molar-refractivity contribution in [2.75, 3.05) is 6.61 Å². The van der Waals surface area contributed by atoms with Crippen molar-refractivity contribution in [3.05, 3.63) is 41.7 Å². The van der Waals surface area contributed by atoms with Gasteiger partial charge < -0.3 is 14.4 Å². The highest BCUT2D eigenvalue weighted by Crippen LogP contribution is 2.25. The number of carboxylic acid groups (broad SMARTS) is 1. The molecule has 0 aliphatic carbocycles. The van der Waals surface area contributed by atoms with Crippen LogP contribution in [0.15, 0.2) is 30.3 Å². The molecular weight excluding hydrogens is 232 g/mol. The number of carboxylic acids is 1. The minimum atomic E-state index is -1.01. The number of aromatic nitrogens is 2. The summed E-state index contributed by atoms with van der Waals surface area (Å²) in [5, 5.41) is 9.17. The van der Waals surface area contributed by atoms with E-state index >= 15 is 0 Å². The van der Waals surface area contributed by atoms with E-state index in [1.807, 2.05) is 34.9 Å². The molecule has 0 atom stereocenters. The Morgan fingerprint density at radius 3 is 2.83 bits per heavy atom. The van der Waals surface area contributed by atoms with Crippen LogP contribution in [-0.4, -0.2) is 27.2 Å². The molecule has 0 bridgehead atoms. The molecule has 0 saturated carbocycles. The Balaban J connectivity index is 2.18. The highest BCUT2D eigenvalue weighted by atomic mass is 16.5. The first-order chi connectivity index (χ1) is 8.77. The second kappa shape index (κ2) is 4.27. The predicted octanol–water partition coefficient (Wildman–Crippen LogP) is 1.78. The highest BCUT2D eigenvalue weighted by molar-refractivity contribution is 5.88. The van der Waals surface area contributed by atoms with Crippen molar-refractivity contribution in [3.63, 3.8) is 0 Å². The van der Waals surface area contributed by atoms with E-state index in [1.165, 1.54) is 0 Å². The van der Waals surface area contributed by atoms with Crippen LogP contribution < -0.4 is 0 Å². The normalized spacial score (nSPS) is 14.2. The maximum atomic E-state index is 11.2. The summed E-state index contributed by atoms with van der Waals surface area (Å²) in [6.07, 6.45) is 0. The van der Waals surface area contributed by atoms with Gasteiger partial charge in [0.2, 0.25) is 0 Å². The molecule has 1 aliphatic rings. The highest BCUT2D eigenvalue weighted by Gasteiger charge is 2.24. The van der Waals surface area contributed by atoms with Crippen molar-refractivity contribution in [1.82, 2.24) is 9.55 Å². The number of fused-ring (bicyclic) bond motifs is 1. The van der Waals surface area contributed by atoms with E-state index in [0.717, 1.165) is 5.56 Å². The Hall–Kier alpha value is -2.14. The molecule has 2 heterocycles. The lowest BCUT2D eigenvalue weighted by atomic mass is 10.2. The minimum absolute atomic E-state index is 0.0913. The van der Waals surface area contributed by atoms with Crippen molar-refractivity contribution in [1.29, 1.82) is 0 Å². The SMILES string of the molecule is O=C(O)c1nc(-c2ccccc2)n2c1COCC2. The van der Waals surface area contributed by atoms with Gasteiger partial charge >= 0.3 is 5.97 Å². The number of benzene rings is 1. The summed E-state index contributed by atoms with van der Waals surface area (Å²) in [5.41, 5.74) is 1.66. The van der Waals surface area contributed by atoms with Crippen molar-refractivity contribution in [2.24, 2.45) is 0 Å². The van der Waals surface area contributed by atoms with Gasteiger partial charge in [-0.05, 0) is 0 Å². The zero-order chi connectivity index (χ0) is 12.5. The summed E-state index contributed by atoms with van der Waals surface area (Å²) >= 11 is 0. The maximum Gasteiger partial charge on any atom is 0.356 e. The second-order valence-corrected chi connectivity index (χ2v) is 4.11. The fourth-order valence-corrected chi connectivity index (χ4v) is 2.18. The molecule has 3 rings (SSSR count). The summed E-state index contributed by atoms with van der Waals surface area (Å²) in [5.74, 6) is -0.308. The lowest BCUT2D eigenvalue weighted by molar-refractivity contribution is 0.0657. The van der Waals surface area contributed by atoms with Crippen LogP contribution in [0.25, 0.3) is 11.4 Å². The van der Waals surface area contributed by atoms with Gasteiger partial charge in [-0.25, -0.2) is 9.78 Å². The molecule has 0 radical (unpaired) electrons. The lowest BCUT2D eigenvalue weighted by Gasteiger charge is -2.17. The summed E-state index contributed by atoms with van der Waals surface area (Å²) in [7, 11) is 0. The topological polar surface area (TPSA) is 64.3 Å². The van der Waals surface area contributed by atoms with Crippen molar-refractivity contribution in [3.8, 4) is 11.4 Å². The number of hydrogen-bond donors (Lipinski definition) is 1. The molecule has 0 unspecified atom stereocenters. The zero-order valence-electron chi connectivity index (χ0n) is 9.67. The third-order valence-corrected chi connectivity index (χ3v) is 3.01. The maximum absolute atomic E-state index is 11.2. The third kappa shape index (κ3) is 1.69. The first kappa shape index (κ1) is 11.0. The van der Waals surface area contributed by atoms with Crippen LogP contribution >= 0.6 is 0 Å². The Morgan fingerprint density at radius 2 is 2.11 bits per heavy atom. The number of rotatable bonds is 2. The van der Waals surface area contributed by atoms with E-state index in [2.05, 4.69) is 4.98 Å². The molecule has 5 nitrogen and oxygen atoms in total. The van der Waals surface area contributed by atoms with Crippen molar-refractivity contribution in [2.45, 2.75) is 13.2 Å². The standard InChI is InChI=1S/C13H12N2O3/c16-13(17)11-10-8-18-7-6-15(10)12(14-11)9-4-2-1-3-5-9/h1-5H,6-8H2,(H,16,17). The summed E-state index contributed by atoms with van der Waals surface area (Å²) in [6.45, 7) is 1.53. The fourth-order valence-electron chi connectivity index (χ4n) is 2.18. The molecule has 0 saturated heterocycles. The van der Waals surface area contributed by atoms with Gasteiger partial charge in [0.15, 0.2) is 5.69 Å². The van der Waals surface area contributed by atoms with Gasteiger partial charge in [-0.3, -0.25) is 0 Å². The summed E-state index contributed by atoms with van der Waals surface area (Å²) in [4.78, 5) is 15.4. The van der Waals surface area contributed by atoms with Crippen LogP contribution in [0.3, 0.4) is 0 Å². The molecule has 1 aromatic heterocycles. The van der Waals surface area contributed by atoms with E-state index in [9.17, 15) is 4.79 Å². The number of imidazole rings is 1. The molecule has 2 aromatic rings. The zero-order valence-corrected chi connectivity index (χ0v) is 9.67. The smallest absolute Gasteiger partial charge is 0.356 e. The number of aromatic carboxylic acids is 1. The van der Waals surface area contributed by atoms with Gasteiger partial charge in [-0.15, -0.1) is 0 Å². The third-order valence-electron chi connectivity index (χ3n) is 3.01. The Kier molecular flexibility index (Phi) is 2.60. The van der Waals surface area contributed by atoms with Gasteiger partial charge in [0.25, 0.3) is 0 Å². The van der Waals surface area contributed by atoms with Gasteiger partial charge in [0, 0.05) is 12.1 Å². The molecule has 18 heavy (non-hydrogen) atoms. The average molecular weight is 244 g/mol. The number of carbonyl (C=O) groups is 1. The van der Waals surface area contributed by atoms with Crippen LogP contribution in [0.1, 0.15) is 16.2 Å². The Bertz CT molecular complexity index is 590. The molecule has 0 spiro atoms. The van der Waals surface area contributed by atoms with Gasteiger partial charge in [0.05, 0.1) is 18.9 Å². The second-order valence-electron chi connectivity index (χ2n) is 4.11. The fraction of sp³-hybridized carbons (Fsp3) is 0.231. The first-order valence-corrected chi connectivity index (χ1v) is 5.73. The van der Waals surface area contributed by atoms with E-state index < -0.39 is 5.97 Å². The average Bonchev–Trinajstić information content (AvgIpc) is 2.79. The van der Waals surface area contributed by atoms with E-state index in [-0.39, 0.29) is 5.69 Å². The summed E-state index contributed by atoms with van der Waals surface area (Å²) in [6, 6.07) is 9.60. The molecule has 1 N–H and O–H groups in total. The van der Waals surface area contributed by atoms with Crippen LogP contribution in [0, 0.1) is 0 Å². The molecular formula is C13H12N2O3. The predicted molar refractivity (Wildman–Crippen MR) is 64.3 cm³/mol. The molecule has 5 heteroatoms. The molecule has 92 valence electrons. The van der Waals surface area contributed by atoms with Crippen LogP contribution in [0.2, 0.25) is 0 Å². The Labute approximate surface area is 104 Å². The van der Waals surface area contributed by atoms with Crippen molar-refractivity contribution >= 4 is 5.97 Å².